The molecule has 102 valence electrons. The van der Waals surface area contributed by atoms with E-state index >= 15 is 0 Å². The monoisotopic (exact) mass is 253 g/mol. The van der Waals surface area contributed by atoms with Crippen LogP contribution in [0.3, 0.4) is 0 Å². The van der Waals surface area contributed by atoms with Crippen molar-refractivity contribution < 1.29 is 14.6 Å². The number of aliphatic hydroxyl groups is 1. The second-order valence-electron chi connectivity index (χ2n) is 5.31. The molecule has 0 aromatic rings. The summed E-state index contributed by atoms with van der Waals surface area (Å²) in [6, 6.07) is 0.0598. The maximum absolute atomic E-state index is 11.7. The third-order valence-corrected chi connectivity index (χ3v) is 3.76. The van der Waals surface area contributed by atoms with Gasteiger partial charge in [0.05, 0.1) is 6.10 Å². The minimum atomic E-state index is -0.0474. The van der Waals surface area contributed by atoms with Crippen LogP contribution in [0.2, 0.25) is 0 Å². The van der Waals surface area contributed by atoms with Gasteiger partial charge >= 0.3 is 0 Å². The average molecular weight is 253 g/mol. The summed E-state index contributed by atoms with van der Waals surface area (Å²) in [4.78, 5) is 11.7. The number of carbonyl (C=O) groups excluding carboxylic acids is 1. The second-order valence-corrected chi connectivity index (χ2v) is 5.31. The lowest BCUT2D eigenvalue weighted by Gasteiger charge is -2.22. The number of amides is 1. The van der Waals surface area contributed by atoms with E-state index in [4.69, 9.17) is 9.84 Å². The van der Waals surface area contributed by atoms with Crippen molar-refractivity contribution in [1.29, 1.82) is 0 Å². The Labute approximate surface area is 108 Å². The van der Waals surface area contributed by atoms with Crippen LogP contribution in [0.15, 0.2) is 12.2 Å². The standard InChI is InChI=1S/C14H23NO3/c16-9-11-6-7-12(8-11)15-14(17)10-18-13-4-2-1-3-5-13/h6-7,11-13,16H,1-5,8-10H2,(H,15,17)/t11-,12+/m0/s1. The predicted octanol–water partition coefficient (Wildman–Crippen LogP) is 1.39. The number of nitrogens with one attached hydrogen (secondary N) is 1. The van der Waals surface area contributed by atoms with E-state index < -0.39 is 0 Å². The van der Waals surface area contributed by atoms with E-state index in [9.17, 15) is 4.79 Å². The van der Waals surface area contributed by atoms with Crippen molar-refractivity contribution in [2.24, 2.45) is 5.92 Å². The number of hydrogen-bond acceptors (Lipinski definition) is 3. The molecule has 0 aromatic heterocycles. The predicted molar refractivity (Wildman–Crippen MR) is 69.1 cm³/mol. The fourth-order valence-electron chi connectivity index (χ4n) is 2.69. The molecule has 0 spiro atoms. The first-order valence-corrected chi connectivity index (χ1v) is 6.98. The van der Waals surface area contributed by atoms with Crippen LogP contribution in [0, 0.1) is 5.92 Å². The largest absolute Gasteiger partial charge is 0.396 e. The molecule has 0 aromatic carbocycles. The molecule has 0 bridgehead atoms. The van der Waals surface area contributed by atoms with E-state index in [2.05, 4.69) is 5.32 Å². The molecule has 2 aliphatic rings. The van der Waals surface area contributed by atoms with Gasteiger partial charge in [-0.15, -0.1) is 0 Å². The molecular formula is C14H23NO3. The van der Waals surface area contributed by atoms with Gasteiger partial charge in [-0.25, -0.2) is 0 Å². The maximum Gasteiger partial charge on any atom is 0.246 e. The molecule has 2 aliphatic carbocycles. The number of hydrogen-bond donors (Lipinski definition) is 2. The van der Waals surface area contributed by atoms with Gasteiger partial charge in [0.15, 0.2) is 0 Å². The van der Waals surface area contributed by atoms with Gasteiger partial charge in [0.1, 0.15) is 6.61 Å². The van der Waals surface area contributed by atoms with Crippen molar-refractivity contribution in [2.45, 2.75) is 50.7 Å². The minimum absolute atomic E-state index is 0.0474. The first-order chi connectivity index (χ1) is 8.78. The van der Waals surface area contributed by atoms with E-state index in [1.54, 1.807) is 0 Å². The van der Waals surface area contributed by atoms with Gasteiger partial charge in [0.25, 0.3) is 0 Å². The van der Waals surface area contributed by atoms with E-state index in [1.165, 1.54) is 19.3 Å². The molecule has 0 unspecified atom stereocenters. The molecule has 0 saturated heterocycles. The fraction of sp³-hybridized carbons (Fsp3) is 0.786. The molecule has 0 heterocycles. The Kier molecular flexibility index (Phi) is 5.20. The van der Waals surface area contributed by atoms with Gasteiger partial charge in [-0.2, -0.15) is 0 Å². The lowest BCUT2D eigenvalue weighted by atomic mass is 9.98. The second kappa shape index (κ2) is 6.90. The van der Waals surface area contributed by atoms with Crippen LogP contribution in [0.5, 0.6) is 0 Å². The molecule has 2 atom stereocenters. The highest BCUT2D eigenvalue weighted by Gasteiger charge is 2.20. The molecule has 1 fully saturated rings. The minimum Gasteiger partial charge on any atom is -0.396 e. The van der Waals surface area contributed by atoms with Crippen LogP contribution >= 0.6 is 0 Å². The van der Waals surface area contributed by atoms with E-state index in [0.29, 0.717) is 0 Å². The highest BCUT2D eigenvalue weighted by Crippen LogP contribution is 2.20. The van der Waals surface area contributed by atoms with Crippen molar-refractivity contribution in [3.05, 3.63) is 12.2 Å². The lowest BCUT2D eigenvalue weighted by molar-refractivity contribution is -0.128. The molecular weight excluding hydrogens is 230 g/mol. The fourth-order valence-corrected chi connectivity index (χ4v) is 2.69. The van der Waals surface area contributed by atoms with Crippen LogP contribution in [0.1, 0.15) is 38.5 Å². The van der Waals surface area contributed by atoms with E-state index in [0.717, 1.165) is 19.3 Å². The molecule has 0 aliphatic heterocycles. The first-order valence-electron chi connectivity index (χ1n) is 6.98. The maximum atomic E-state index is 11.7. The van der Waals surface area contributed by atoms with E-state index in [1.807, 2.05) is 12.2 Å². The quantitative estimate of drug-likeness (QED) is 0.728. The molecule has 1 amide bonds. The first kappa shape index (κ1) is 13.6. The molecule has 4 nitrogen and oxygen atoms in total. The zero-order valence-electron chi connectivity index (χ0n) is 10.8. The Hall–Kier alpha value is -0.870. The van der Waals surface area contributed by atoms with Gasteiger partial charge in [0.2, 0.25) is 5.91 Å². The summed E-state index contributed by atoms with van der Waals surface area (Å²) in [6.07, 6.45) is 10.9. The SMILES string of the molecule is O=C(COC1CCCCC1)N[C@@H]1C=C[C@H](CO)C1. The van der Waals surface area contributed by atoms with Gasteiger partial charge in [-0.3, -0.25) is 4.79 Å². The Bertz CT molecular complexity index is 297. The number of carbonyl (C=O) groups is 1. The summed E-state index contributed by atoms with van der Waals surface area (Å²) < 4.78 is 5.62. The van der Waals surface area contributed by atoms with Crippen molar-refractivity contribution in [2.75, 3.05) is 13.2 Å². The summed E-state index contributed by atoms with van der Waals surface area (Å²) in [5.41, 5.74) is 0. The van der Waals surface area contributed by atoms with Gasteiger partial charge < -0.3 is 15.2 Å². The smallest absolute Gasteiger partial charge is 0.246 e. The highest BCUT2D eigenvalue weighted by atomic mass is 16.5. The topological polar surface area (TPSA) is 58.6 Å². The summed E-state index contributed by atoms with van der Waals surface area (Å²) >= 11 is 0. The number of rotatable bonds is 5. The lowest BCUT2D eigenvalue weighted by Crippen LogP contribution is -2.36. The van der Waals surface area contributed by atoms with Gasteiger partial charge in [0, 0.05) is 18.6 Å². The molecule has 2 N–H and O–H groups in total. The van der Waals surface area contributed by atoms with Crippen molar-refractivity contribution in [3.8, 4) is 0 Å². The third kappa shape index (κ3) is 4.10. The van der Waals surface area contributed by atoms with Gasteiger partial charge in [-0.1, -0.05) is 31.4 Å². The zero-order valence-corrected chi connectivity index (χ0v) is 10.8. The Morgan fingerprint density at radius 3 is 2.72 bits per heavy atom. The Morgan fingerprint density at radius 2 is 2.06 bits per heavy atom. The van der Waals surface area contributed by atoms with Gasteiger partial charge in [-0.05, 0) is 19.3 Å². The van der Waals surface area contributed by atoms with Crippen LogP contribution in [-0.2, 0) is 9.53 Å². The number of aliphatic hydroxyl groups excluding tert-OH is 1. The molecule has 2 rings (SSSR count). The van der Waals surface area contributed by atoms with Crippen LogP contribution in [0.25, 0.3) is 0 Å². The Morgan fingerprint density at radius 1 is 1.28 bits per heavy atom. The molecule has 18 heavy (non-hydrogen) atoms. The van der Waals surface area contributed by atoms with Crippen LogP contribution in [-0.4, -0.2) is 36.4 Å². The highest BCUT2D eigenvalue weighted by molar-refractivity contribution is 5.77. The summed E-state index contributed by atoms with van der Waals surface area (Å²) in [6.45, 7) is 0.320. The summed E-state index contributed by atoms with van der Waals surface area (Å²) in [5.74, 6) is 0.142. The Balaban J connectivity index is 1.62. The van der Waals surface area contributed by atoms with Crippen LogP contribution in [0.4, 0.5) is 0 Å². The zero-order chi connectivity index (χ0) is 12.8. The van der Waals surface area contributed by atoms with Crippen molar-refractivity contribution >= 4 is 5.91 Å². The molecule has 4 heteroatoms. The molecule has 0 radical (unpaired) electrons. The van der Waals surface area contributed by atoms with Crippen molar-refractivity contribution in [1.82, 2.24) is 5.32 Å². The van der Waals surface area contributed by atoms with E-state index in [-0.39, 0.29) is 37.2 Å². The summed E-state index contributed by atoms with van der Waals surface area (Å²) in [5, 5.41) is 11.9. The normalized spacial score (nSPS) is 28.5. The third-order valence-electron chi connectivity index (χ3n) is 3.76. The summed E-state index contributed by atoms with van der Waals surface area (Å²) in [7, 11) is 0. The number of ether oxygens (including phenoxy) is 1. The molecule has 1 saturated carbocycles. The van der Waals surface area contributed by atoms with Crippen molar-refractivity contribution in [3.63, 3.8) is 0 Å². The van der Waals surface area contributed by atoms with Crippen LogP contribution < -0.4 is 5.32 Å². The average Bonchev–Trinajstić information content (AvgIpc) is 2.85.